The molecule has 8 heteroatoms. The number of aromatic nitrogens is 4. The highest BCUT2D eigenvalue weighted by Crippen LogP contribution is 2.30. The van der Waals surface area contributed by atoms with Crippen molar-refractivity contribution in [2.24, 2.45) is 0 Å². The first-order valence-electron chi connectivity index (χ1n) is 7.92. The van der Waals surface area contributed by atoms with E-state index in [0.717, 1.165) is 12.1 Å². The number of aromatic amines is 1. The molecule has 0 saturated carbocycles. The van der Waals surface area contributed by atoms with Gasteiger partial charge < -0.3 is 0 Å². The highest BCUT2D eigenvalue weighted by Gasteiger charge is 2.18. The first-order valence-corrected chi connectivity index (χ1v) is 7.92. The van der Waals surface area contributed by atoms with Crippen molar-refractivity contribution in [2.45, 2.75) is 6.92 Å². The van der Waals surface area contributed by atoms with Crippen LogP contribution in [0.15, 0.2) is 47.4 Å². The lowest BCUT2D eigenvalue weighted by molar-refractivity contribution is 0.585. The van der Waals surface area contributed by atoms with E-state index in [0.29, 0.717) is 22.5 Å². The molecule has 132 valence electrons. The van der Waals surface area contributed by atoms with Gasteiger partial charge in [-0.1, -0.05) is 0 Å². The molecule has 0 bridgehead atoms. The number of nitrogens with one attached hydrogen (secondary N) is 1. The lowest BCUT2D eigenvalue weighted by Crippen LogP contribution is -2.14. The Bertz CT molecular complexity index is 1280. The molecular formula is C19H11F2N5O. The van der Waals surface area contributed by atoms with Gasteiger partial charge in [0.05, 0.1) is 5.69 Å². The van der Waals surface area contributed by atoms with Gasteiger partial charge in [0.15, 0.2) is 5.65 Å². The van der Waals surface area contributed by atoms with Crippen LogP contribution in [0, 0.1) is 29.9 Å². The van der Waals surface area contributed by atoms with E-state index in [1.165, 1.54) is 28.9 Å². The van der Waals surface area contributed by atoms with Crippen LogP contribution >= 0.6 is 0 Å². The SMILES string of the molecule is Cc1[nH]n2c(=O)cc(-c3ccc(C#N)nc3)nc2c1-c1ccc(F)cc1F. The average molecular weight is 363 g/mol. The number of nitrogens with zero attached hydrogens (tertiary/aromatic N) is 4. The molecule has 0 aliphatic heterocycles. The summed E-state index contributed by atoms with van der Waals surface area (Å²) < 4.78 is 28.8. The predicted octanol–water partition coefficient (Wildman–Crippen LogP) is 3.21. The van der Waals surface area contributed by atoms with Gasteiger partial charge in [-0.2, -0.15) is 5.26 Å². The fourth-order valence-electron chi connectivity index (χ4n) is 2.92. The third kappa shape index (κ3) is 2.75. The largest absolute Gasteiger partial charge is 0.293 e. The molecule has 0 atom stereocenters. The molecule has 0 radical (unpaired) electrons. The first-order chi connectivity index (χ1) is 13.0. The van der Waals surface area contributed by atoms with E-state index >= 15 is 0 Å². The van der Waals surface area contributed by atoms with E-state index in [1.54, 1.807) is 13.0 Å². The number of hydrogen-bond acceptors (Lipinski definition) is 4. The fraction of sp³-hybridized carbons (Fsp3) is 0.0526. The van der Waals surface area contributed by atoms with Gasteiger partial charge in [0.2, 0.25) is 0 Å². The van der Waals surface area contributed by atoms with Crippen molar-refractivity contribution in [1.82, 2.24) is 19.6 Å². The highest BCUT2D eigenvalue weighted by molar-refractivity contribution is 5.81. The van der Waals surface area contributed by atoms with Crippen molar-refractivity contribution in [1.29, 1.82) is 5.26 Å². The Balaban J connectivity index is 1.98. The van der Waals surface area contributed by atoms with Crippen molar-refractivity contribution in [3.05, 3.63) is 76.0 Å². The molecule has 1 aromatic carbocycles. The fourth-order valence-corrected chi connectivity index (χ4v) is 2.92. The minimum Gasteiger partial charge on any atom is -0.293 e. The molecule has 1 N–H and O–H groups in total. The maximum atomic E-state index is 14.3. The molecule has 0 amide bonds. The van der Waals surface area contributed by atoms with E-state index in [-0.39, 0.29) is 16.9 Å². The van der Waals surface area contributed by atoms with Gasteiger partial charge in [-0.05, 0) is 31.2 Å². The molecule has 6 nitrogen and oxygen atoms in total. The van der Waals surface area contributed by atoms with Crippen LogP contribution in [-0.4, -0.2) is 19.6 Å². The summed E-state index contributed by atoms with van der Waals surface area (Å²) in [5.41, 5.74) is 1.95. The second-order valence-corrected chi connectivity index (χ2v) is 5.92. The minimum atomic E-state index is -0.751. The number of fused-ring (bicyclic) bond motifs is 1. The van der Waals surface area contributed by atoms with Crippen molar-refractivity contribution in [3.8, 4) is 28.5 Å². The molecule has 3 aromatic heterocycles. The number of hydrogen-bond donors (Lipinski definition) is 1. The van der Waals surface area contributed by atoms with Crippen LogP contribution in [0.5, 0.6) is 0 Å². The Morgan fingerprint density at radius 3 is 2.67 bits per heavy atom. The van der Waals surface area contributed by atoms with E-state index in [2.05, 4.69) is 15.1 Å². The van der Waals surface area contributed by atoms with E-state index < -0.39 is 17.2 Å². The van der Waals surface area contributed by atoms with E-state index in [4.69, 9.17) is 5.26 Å². The Morgan fingerprint density at radius 1 is 1.19 bits per heavy atom. The summed E-state index contributed by atoms with van der Waals surface area (Å²) >= 11 is 0. The van der Waals surface area contributed by atoms with Gasteiger partial charge >= 0.3 is 0 Å². The normalized spacial score (nSPS) is 10.9. The van der Waals surface area contributed by atoms with Crippen molar-refractivity contribution in [2.75, 3.05) is 0 Å². The molecule has 0 saturated heterocycles. The standard InChI is InChI=1S/C19H11F2N5O/c1-10-18(14-5-3-12(20)6-15(14)21)19-24-16(7-17(27)26(19)25-10)11-2-4-13(8-22)23-9-11/h2-7,9,25H,1H3. The van der Waals surface area contributed by atoms with Gasteiger partial charge in [0, 0.05) is 40.7 Å². The monoisotopic (exact) mass is 363 g/mol. The smallest absolute Gasteiger partial charge is 0.273 e. The van der Waals surface area contributed by atoms with Gasteiger partial charge in [0.1, 0.15) is 23.4 Å². The maximum absolute atomic E-state index is 14.3. The lowest BCUT2D eigenvalue weighted by atomic mass is 10.1. The summed E-state index contributed by atoms with van der Waals surface area (Å²) in [6.07, 6.45) is 1.44. The second-order valence-electron chi connectivity index (χ2n) is 5.92. The second kappa shape index (κ2) is 6.14. The third-order valence-electron chi connectivity index (χ3n) is 4.17. The van der Waals surface area contributed by atoms with Crippen molar-refractivity contribution in [3.63, 3.8) is 0 Å². The summed E-state index contributed by atoms with van der Waals surface area (Å²) in [6, 6.07) is 9.61. The predicted molar refractivity (Wildman–Crippen MR) is 93.8 cm³/mol. The van der Waals surface area contributed by atoms with Crippen LogP contribution < -0.4 is 5.56 Å². The molecule has 0 fully saturated rings. The highest BCUT2D eigenvalue weighted by atomic mass is 19.1. The Kier molecular flexibility index (Phi) is 3.78. The van der Waals surface area contributed by atoms with Gasteiger partial charge in [0.25, 0.3) is 5.56 Å². The summed E-state index contributed by atoms with van der Waals surface area (Å²) in [5.74, 6) is -1.44. The molecule has 0 spiro atoms. The summed E-state index contributed by atoms with van der Waals surface area (Å²) in [7, 11) is 0. The minimum absolute atomic E-state index is 0.134. The van der Waals surface area contributed by atoms with Crippen molar-refractivity contribution >= 4 is 5.65 Å². The zero-order chi connectivity index (χ0) is 19.1. The lowest BCUT2D eigenvalue weighted by Gasteiger charge is -2.05. The molecule has 4 aromatic rings. The molecule has 0 aliphatic carbocycles. The van der Waals surface area contributed by atoms with Crippen LogP contribution in [0.3, 0.4) is 0 Å². The van der Waals surface area contributed by atoms with E-state index in [1.807, 2.05) is 6.07 Å². The number of nitriles is 1. The number of rotatable bonds is 2. The third-order valence-corrected chi connectivity index (χ3v) is 4.17. The van der Waals surface area contributed by atoms with Crippen LogP contribution in [0.25, 0.3) is 28.0 Å². The number of pyridine rings is 1. The van der Waals surface area contributed by atoms with Gasteiger partial charge in [-0.25, -0.2) is 23.3 Å². The maximum Gasteiger partial charge on any atom is 0.273 e. The van der Waals surface area contributed by atoms with Crippen LogP contribution in [0.2, 0.25) is 0 Å². The first kappa shape index (κ1) is 16.6. The Morgan fingerprint density at radius 2 is 2.00 bits per heavy atom. The topological polar surface area (TPSA) is 86.8 Å². The molecule has 0 unspecified atom stereocenters. The summed E-state index contributed by atoms with van der Waals surface area (Å²) in [6.45, 7) is 1.68. The van der Waals surface area contributed by atoms with Crippen LogP contribution in [-0.2, 0) is 0 Å². The number of aryl methyl sites for hydroxylation is 1. The zero-order valence-corrected chi connectivity index (χ0v) is 14.0. The van der Waals surface area contributed by atoms with Crippen LogP contribution in [0.4, 0.5) is 8.78 Å². The zero-order valence-electron chi connectivity index (χ0n) is 14.0. The molecule has 0 aliphatic rings. The molecule has 4 rings (SSSR count). The Labute approximate surface area is 151 Å². The molecule has 3 heterocycles. The van der Waals surface area contributed by atoms with Crippen LogP contribution in [0.1, 0.15) is 11.4 Å². The number of benzene rings is 1. The summed E-state index contributed by atoms with van der Waals surface area (Å²) in [5, 5.41) is 11.7. The van der Waals surface area contributed by atoms with E-state index in [9.17, 15) is 13.6 Å². The quantitative estimate of drug-likeness (QED) is 0.592. The Hall–Kier alpha value is -3.86. The van der Waals surface area contributed by atoms with Gasteiger partial charge in [-0.15, -0.1) is 0 Å². The van der Waals surface area contributed by atoms with Crippen molar-refractivity contribution < 1.29 is 8.78 Å². The van der Waals surface area contributed by atoms with Gasteiger partial charge in [-0.3, -0.25) is 9.89 Å². The number of H-pyrrole nitrogens is 1. The molecular weight excluding hydrogens is 352 g/mol. The molecule has 27 heavy (non-hydrogen) atoms. The summed E-state index contributed by atoms with van der Waals surface area (Å²) in [4.78, 5) is 20.9. The number of halogens is 2. The average Bonchev–Trinajstić information content (AvgIpc) is 2.98.